The van der Waals surface area contributed by atoms with E-state index >= 15 is 0 Å². The van der Waals surface area contributed by atoms with E-state index in [2.05, 4.69) is 30.8 Å². The van der Waals surface area contributed by atoms with E-state index in [4.69, 9.17) is 0 Å². The van der Waals surface area contributed by atoms with Gasteiger partial charge in [0, 0.05) is 24.7 Å². The Morgan fingerprint density at radius 1 is 1.21 bits per heavy atom. The van der Waals surface area contributed by atoms with Gasteiger partial charge in [0.1, 0.15) is 6.04 Å². The van der Waals surface area contributed by atoms with Gasteiger partial charge in [0.05, 0.1) is 22.8 Å². The van der Waals surface area contributed by atoms with Crippen LogP contribution in [-0.4, -0.2) is 47.9 Å². The number of nitrogens with zero attached hydrogens (tertiary/aromatic N) is 6. The van der Waals surface area contributed by atoms with E-state index in [1.54, 1.807) is 17.9 Å². The van der Waals surface area contributed by atoms with Gasteiger partial charge in [-0.3, -0.25) is 9.48 Å². The van der Waals surface area contributed by atoms with Gasteiger partial charge in [0.15, 0.2) is 11.5 Å². The summed E-state index contributed by atoms with van der Waals surface area (Å²) < 4.78 is 44.3. The Labute approximate surface area is 186 Å². The van der Waals surface area contributed by atoms with Crippen LogP contribution in [-0.2, 0) is 18.0 Å². The van der Waals surface area contributed by atoms with Crippen molar-refractivity contribution in [2.75, 3.05) is 11.9 Å². The molecule has 5 rings (SSSR count). The maximum absolute atomic E-state index is 13.8. The van der Waals surface area contributed by atoms with Gasteiger partial charge in [-0.2, -0.15) is 22.8 Å². The number of carbonyl (C=O) groups is 1. The van der Waals surface area contributed by atoms with E-state index in [9.17, 15) is 18.0 Å². The van der Waals surface area contributed by atoms with Crippen molar-refractivity contribution in [2.45, 2.75) is 38.4 Å². The largest absolute Gasteiger partial charge is 0.418 e. The van der Waals surface area contributed by atoms with Crippen molar-refractivity contribution in [3.63, 3.8) is 0 Å². The van der Waals surface area contributed by atoms with Crippen LogP contribution in [0.4, 0.5) is 19.1 Å². The molecule has 9 nitrogen and oxygen atoms in total. The van der Waals surface area contributed by atoms with E-state index < -0.39 is 17.8 Å². The standard InChI is InChI=1S/C21H21F3N8O/c1-11-13(10-26-31(11)2)17-29-18-12-6-5-7-14(21(22,23)24)16(12)28-20(32(18)30-17)27-15-8-3-4-9-25-19(15)33/h5-7,10,15H,3-4,8-9H2,1-2H3,(H,25,33)(H,27,28)/t15-/m1/s1. The Kier molecular flexibility index (Phi) is 4.94. The molecule has 1 aromatic carbocycles. The molecule has 1 atom stereocenters. The van der Waals surface area contributed by atoms with Crippen molar-refractivity contribution >= 4 is 28.4 Å². The van der Waals surface area contributed by atoms with Crippen LogP contribution >= 0.6 is 0 Å². The molecule has 1 fully saturated rings. The molecule has 0 spiro atoms. The Morgan fingerprint density at radius 3 is 2.76 bits per heavy atom. The number of alkyl halides is 3. The fourth-order valence-corrected chi connectivity index (χ4v) is 4.02. The molecular weight excluding hydrogens is 437 g/mol. The molecule has 172 valence electrons. The van der Waals surface area contributed by atoms with Crippen LogP contribution in [0.15, 0.2) is 24.4 Å². The van der Waals surface area contributed by atoms with Crippen LogP contribution in [0.3, 0.4) is 0 Å². The molecule has 1 aliphatic rings. The van der Waals surface area contributed by atoms with Crippen LogP contribution in [0.25, 0.3) is 27.9 Å². The zero-order valence-corrected chi connectivity index (χ0v) is 17.9. The monoisotopic (exact) mass is 458 g/mol. The summed E-state index contributed by atoms with van der Waals surface area (Å²) in [5.74, 6) is 0.104. The van der Waals surface area contributed by atoms with Crippen LogP contribution in [0, 0.1) is 6.92 Å². The average molecular weight is 458 g/mol. The molecule has 0 bridgehead atoms. The van der Waals surface area contributed by atoms with Gasteiger partial charge in [0.2, 0.25) is 11.9 Å². The number of carbonyl (C=O) groups excluding carboxylic acids is 1. The normalized spacial score (nSPS) is 17.4. The summed E-state index contributed by atoms with van der Waals surface area (Å²) in [6.07, 6.45) is -0.858. The Bertz CT molecular complexity index is 1370. The lowest BCUT2D eigenvalue weighted by molar-refractivity contribution is -0.136. The summed E-state index contributed by atoms with van der Waals surface area (Å²) in [6, 6.07) is 3.19. The quantitative estimate of drug-likeness (QED) is 0.489. The van der Waals surface area contributed by atoms with Crippen LogP contribution in [0.2, 0.25) is 0 Å². The van der Waals surface area contributed by atoms with Crippen LogP contribution in [0.5, 0.6) is 0 Å². The molecule has 0 aliphatic carbocycles. The third kappa shape index (κ3) is 3.64. The van der Waals surface area contributed by atoms with E-state index in [1.807, 2.05) is 6.92 Å². The SMILES string of the molecule is Cc1c(-c2nc3c4cccc(C(F)(F)F)c4nc(N[C@@H]4CCCCNC4=O)n3n2)cnn1C. The highest BCUT2D eigenvalue weighted by molar-refractivity contribution is 5.95. The summed E-state index contributed by atoms with van der Waals surface area (Å²) in [5.41, 5.74) is 0.533. The van der Waals surface area contributed by atoms with Crippen LogP contribution in [0.1, 0.15) is 30.5 Å². The van der Waals surface area contributed by atoms with Gasteiger partial charge in [-0.1, -0.05) is 6.07 Å². The molecular formula is C21H21F3N8O. The topological polar surface area (TPSA) is 102 Å². The lowest BCUT2D eigenvalue weighted by atomic mass is 10.1. The third-order valence-corrected chi connectivity index (χ3v) is 5.92. The maximum Gasteiger partial charge on any atom is 0.418 e. The number of benzene rings is 1. The number of anilines is 1. The van der Waals surface area contributed by atoms with Gasteiger partial charge in [0.25, 0.3) is 0 Å². The summed E-state index contributed by atoms with van der Waals surface area (Å²) in [7, 11) is 1.78. The van der Waals surface area contributed by atoms with E-state index in [0.717, 1.165) is 24.6 Å². The van der Waals surface area contributed by atoms with Gasteiger partial charge in [-0.25, -0.2) is 9.97 Å². The molecule has 2 N–H and O–H groups in total. The molecule has 0 unspecified atom stereocenters. The highest BCUT2D eigenvalue weighted by Gasteiger charge is 2.34. The number of aromatic nitrogens is 6. The summed E-state index contributed by atoms with van der Waals surface area (Å²) in [6.45, 7) is 2.41. The van der Waals surface area contributed by atoms with Gasteiger partial charge in [-0.05, 0) is 38.3 Å². The lowest BCUT2D eigenvalue weighted by Crippen LogP contribution is -2.38. The average Bonchev–Trinajstić information content (AvgIpc) is 3.28. The number of halogens is 3. The highest BCUT2D eigenvalue weighted by atomic mass is 19.4. The number of rotatable bonds is 3. The Balaban J connectivity index is 1.75. The van der Waals surface area contributed by atoms with Crippen molar-refractivity contribution in [1.29, 1.82) is 0 Å². The van der Waals surface area contributed by atoms with Crippen molar-refractivity contribution in [3.8, 4) is 11.4 Å². The Morgan fingerprint density at radius 2 is 2.03 bits per heavy atom. The molecule has 33 heavy (non-hydrogen) atoms. The first kappa shape index (κ1) is 21.2. The third-order valence-electron chi connectivity index (χ3n) is 5.92. The van der Waals surface area contributed by atoms with Gasteiger partial charge in [-0.15, -0.1) is 5.10 Å². The molecule has 4 heterocycles. The number of hydrogen-bond donors (Lipinski definition) is 2. The molecule has 0 radical (unpaired) electrons. The predicted molar refractivity (Wildman–Crippen MR) is 115 cm³/mol. The van der Waals surface area contributed by atoms with Gasteiger partial charge < -0.3 is 10.6 Å². The second-order valence-corrected chi connectivity index (χ2v) is 8.06. The first-order valence-corrected chi connectivity index (χ1v) is 10.5. The van der Waals surface area contributed by atoms with E-state index in [-0.39, 0.29) is 28.4 Å². The van der Waals surface area contributed by atoms with E-state index in [0.29, 0.717) is 24.4 Å². The smallest absolute Gasteiger partial charge is 0.354 e. The summed E-state index contributed by atoms with van der Waals surface area (Å²) >= 11 is 0. The molecule has 12 heteroatoms. The predicted octanol–water partition coefficient (Wildman–Crippen LogP) is 3.09. The van der Waals surface area contributed by atoms with Crippen molar-refractivity contribution in [3.05, 3.63) is 35.7 Å². The number of aryl methyl sites for hydroxylation is 1. The summed E-state index contributed by atoms with van der Waals surface area (Å²) in [4.78, 5) is 21.3. The molecule has 1 aliphatic heterocycles. The Hall–Kier alpha value is -3.70. The second-order valence-electron chi connectivity index (χ2n) is 8.06. The fourth-order valence-electron chi connectivity index (χ4n) is 4.02. The minimum absolute atomic E-state index is 0.0246. The summed E-state index contributed by atoms with van der Waals surface area (Å²) in [5, 5.41) is 14.8. The second kappa shape index (κ2) is 7.71. The van der Waals surface area contributed by atoms with Gasteiger partial charge >= 0.3 is 6.18 Å². The van der Waals surface area contributed by atoms with Crippen molar-refractivity contribution < 1.29 is 18.0 Å². The molecule has 1 saturated heterocycles. The first-order valence-electron chi connectivity index (χ1n) is 10.5. The zero-order valence-electron chi connectivity index (χ0n) is 17.9. The van der Waals surface area contributed by atoms with Crippen molar-refractivity contribution in [2.24, 2.45) is 7.05 Å². The number of nitrogens with one attached hydrogen (secondary N) is 2. The number of hydrogen-bond acceptors (Lipinski definition) is 6. The van der Waals surface area contributed by atoms with E-state index in [1.165, 1.54) is 16.6 Å². The first-order chi connectivity index (χ1) is 15.7. The van der Waals surface area contributed by atoms with Crippen LogP contribution < -0.4 is 10.6 Å². The highest BCUT2D eigenvalue weighted by Crippen LogP contribution is 2.36. The zero-order chi connectivity index (χ0) is 23.3. The number of amides is 1. The molecule has 1 amide bonds. The number of para-hydroxylation sites is 1. The molecule has 0 saturated carbocycles. The lowest BCUT2D eigenvalue weighted by Gasteiger charge is -2.17. The minimum atomic E-state index is -4.61. The maximum atomic E-state index is 13.8. The fraction of sp³-hybridized carbons (Fsp3) is 0.381. The minimum Gasteiger partial charge on any atom is -0.354 e. The number of fused-ring (bicyclic) bond motifs is 3. The van der Waals surface area contributed by atoms with Crippen molar-refractivity contribution in [1.82, 2.24) is 34.7 Å². The molecule has 3 aromatic heterocycles. The molecule has 4 aromatic rings.